The van der Waals surface area contributed by atoms with E-state index in [0.717, 1.165) is 37.8 Å². The van der Waals surface area contributed by atoms with Gasteiger partial charge in [0.2, 0.25) is 5.91 Å². The van der Waals surface area contributed by atoms with Gasteiger partial charge in [-0.25, -0.2) is 8.78 Å². The van der Waals surface area contributed by atoms with Crippen LogP contribution in [0.5, 0.6) is 0 Å². The fourth-order valence-electron chi connectivity index (χ4n) is 2.60. The number of amides is 1. The molecule has 3 nitrogen and oxygen atoms in total. The molecule has 1 aliphatic rings. The molecule has 20 heavy (non-hydrogen) atoms. The molecular weight excluding hydrogens is 262 g/mol. The van der Waals surface area contributed by atoms with Crippen LogP contribution in [-0.4, -0.2) is 18.0 Å². The smallest absolute Gasteiger partial charge is 0.238 e. The molecule has 0 aliphatic heterocycles. The molecule has 1 aromatic rings. The molecule has 110 valence electrons. The van der Waals surface area contributed by atoms with E-state index in [1.807, 2.05) is 0 Å². The standard InChI is InChI=1S/C15H20F2N2O/c1-15(8-3-2-4-9-15)18-10-13(20)19-14-11(16)6-5-7-12(14)17/h5-7,18H,2-4,8-10H2,1H3,(H,19,20). The number of carbonyl (C=O) groups is 1. The van der Waals surface area contributed by atoms with E-state index in [-0.39, 0.29) is 17.8 Å². The fraction of sp³-hybridized carbons (Fsp3) is 0.533. The predicted octanol–water partition coefficient (Wildman–Crippen LogP) is 3.22. The highest BCUT2D eigenvalue weighted by Crippen LogP contribution is 2.27. The number of carbonyl (C=O) groups excluding carboxylic acids is 1. The molecule has 1 aliphatic carbocycles. The number of rotatable bonds is 4. The zero-order chi connectivity index (χ0) is 14.6. The number of anilines is 1. The molecule has 0 saturated heterocycles. The monoisotopic (exact) mass is 282 g/mol. The molecule has 1 amide bonds. The van der Waals surface area contributed by atoms with Crippen LogP contribution in [0.15, 0.2) is 18.2 Å². The lowest BCUT2D eigenvalue weighted by Crippen LogP contribution is -2.47. The van der Waals surface area contributed by atoms with Gasteiger partial charge in [0.1, 0.15) is 17.3 Å². The maximum absolute atomic E-state index is 13.4. The minimum Gasteiger partial charge on any atom is -0.320 e. The van der Waals surface area contributed by atoms with E-state index in [1.165, 1.54) is 12.5 Å². The molecule has 2 rings (SSSR count). The number of benzene rings is 1. The quantitative estimate of drug-likeness (QED) is 0.890. The Bertz CT molecular complexity index is 465. The maximum atomic E-state index is 13.4. The van der Waals surface area contributed by atoms with Crippen molar-refractivity contribution in [3.63, 3.8) is 0 Å². The van der Waals surface area contributed by atoms with Crippen molar-refractivity contribution in [1.29, 1.82) is 0 Å². The second-order valence-corrected chi connectivity index (χ2v) is 5.62. The molecule has 1 fully saturated rings. The Hall–Kier alpha value is -1.49. The lowest BCUT2D eigenvalue weighted by molar-refractivity contribution is -0.115. The minimum absolute atomic E-state index is 0.0522. The van der Waals surface area contributed by atoms with Crippen LogP contribution in [0.3, 0.4) is 0 Å². The highest BCUT2D eigenvalue weighted by atomic mass is 19.1. The highest BCUT2D eigenvalue weighted by Gasteiger charge is 2.26. The average molecular weight is 282 g/mol. The third-order valence-corrected chi connectivity index (χ3v) is 3.86. The van der Waals surface area contributed by atoms with Gasteiger partial charge in [-0.15, -0.1) is 0 Å². The van der Waals surface area contributed by atoms with Crippen LogP contribution in [0.2, 0.25) is 0 Å². The Morgan fingerprint density at radius 2 is 1.80 bits per heavy atom. The van der Waals surface area contributed by atoms with Gasteiger partial charge in [0.25, 0.3) is 0 Å². The summed E-state index contributed by atoms with van der Waals surface area (Å²) in [5.74, 6) is -1.95. The van der Waals surface area contributed by atoms with Gasteiger partial charge in [-0.3, -0.25) is 4.79 Å². The lowest BCUT2D eigenvalue weighted by Gasteiger charge is -2.34. The van der Waals surface area contributed by atoms with E-state index in [9.17, 15) is 13.6 Å². The summed E-state index contributed by atoms with van der Waals surface area (Å²) < 4.78 is 26.8. The van der Waals surface area contributed by atoms with Crippen LogP contribution in [0.4, 0.5) is 14.5 Å². The molecule has 1 saturated carbocycles. The summed E-state index contributed by atoms with van der Waals surface area (Å²) in [6, 6.07) is 3.50. The second kappa shape index (κ2) is 6.31. The molecule has 0 atom stereocenters. The first-order chi connectivity index (χ1) is 9.50. The highest BCUT2D eigenvalue weighted by molar-refractivity contribution is 5.92. The topological polar surface area (TPSA) is 41.1 Å². The van der Waals surface area contributed by atoms with Crippen molar-refractivity contribution < 1.29 is 13.6 Å². The second-order valence-electron chi connectivity index (χ2n) is 5.62. The molecule has 5 heteroatoms. The van der Waals surface area contributed by atoms with E-state index < -0.39 is 17.5 Å². The van der Waals surface area contributed by atoms with E-state index >= 15 is 0 Å². The molecule has 2 N–H and O–H groups in total. The average Bonchev–Trinajstić information content (AvgIpc) is 2.42. The molecule has 0 spiro atoms. The summed E-state index contributed by atoms with van der Waals surface area (Å²) in [6.45, 7) is 2.15. The molecule has 0 radical (unpaired) electrons. The van der Waals surface area contributed by atoms with Gasteiger partial charge in [-0.2, -0.15) is 0 Å². The summed E-state index contributed by atoms with van der Waals surface area (Å²) >= 11 is 0. The van der Waals surface area contributed by atoms with Crippen molar-refractivity contribution in [2.75, 3.05) is 11.9 Å². The van der Waals surface area contributed by atoms with E-state index in [4.69, 9.17) is 0 Å². The molecule has 0 bridgehead atoms. The summed E-state index contributed by atoms with van der Waals surface area (Å²) in [6.07, 6.45) is 5.56. The first-order valence-electron chi connectivity index (χ1n) is 6.99. The van der Waals surface area contributed by atoms with Gasteiger partial charge in [0.15, 0.2) is 0 Å². The van der Waals surface area contributed by atoms with Crippen molar-refractivity contribution >= 4 is 11.6 Å². The van der Waals surface area contributed by atoms with E-state index in [2.05, 4.69) is 17.6 Å². The van der Waals surface area contributed by atoms with Crippen molar-refractivity contribution in [2.45, 2.75) is 44.6 Å². The van der Waals surface area contributed by atoms with Crippen LogP contribution in [0.1, 0.15) is 39.0 Å². The fourth-order valence-corrected chi connectivity index (χ4v) is 2.60. The Balaban J connectivity index is 1.89. The van der Waals surface area contributed by atoms with Gasteiger partial charge >= 0.3 is 0 Å². The van der Waals surface area contributed by atoms with E-state index in [0.29, 0.717) is 0 Å². The lowest BCUT2D eigenvalue weighted by atomic mass is 9.83. The SMILES string of the molecule is CC1(NCC(=O)Nc2c(F)cccc2F)CCCCC1. The largest absolute Gasteiger partial charge is 0.320 e. The van der Waals surface area contributed by atoms with Crippen LogP contribution < -0.4 is 10.6 Å². The van der Waals surface area contributed by atoms with Gasteiger partial charge in [-0.1, -0.05) is 25.3 Å². The summed E-state index contributed by atoms with van der Waals surface area (Å²) in [7, 11) is 0. The first-order valence-corrected chi connectivity index (χ1v) is 6.99. The van der Waals surface area contributed by atoms with Gasteiger partial charge < -0.3 is 10.6 Å². The van der Waals surface area contributed by atoms with Crippen LogP contribution in [-0.2, 0) is 4.79 Å². The van der Waals surface area contributed by atoms with Gasteiger partial charge in [0, 0.05) is 5.54 Å². The Morgan fingerprint density at radius 1 is 1.20 bits per heavy atom. The number of hydrogen-bond donors (Lipinski definition) is 2. The third-order valence-electron chi connectivity index (χ3n) is 3.86. The van der Waals surface area contributed by atoms with Gasteiger partial charge in [0.05, 0.1) is 6.54 Å². The molecule has 1 aromatic carbocycles. The number of nitrogens with one attached hydrogen (secondary N) is 2. The number of para-hydroxylation sites is 1. The summed E-state index contributed by atoms with van der Waals surface area (Å²) in [5, 5.41) is 5.48. The van der Waals surface area contributed by atoms with Crippen molar-refractivity contribution in [3.05, 3.63) is 29.8 Å². The third kappa shape index (κ3) is 3.76. The minimum atomic E-state index is -0.762. The van der Waals surface area contributed by atoms with Crippen LogP contribution >= 0.6 is 0 Å². The predicted molar refractivity (Wildman–Crippen MR) is 74.5 cm³/mol. The van der Waals surface area contributed by atoms with Crippen molar-refractivity contribution in [3.8, 4) is 0 Å². The zero-order valence-corrected chi connectivity index (χ0v) is 11.6. The van der Waals surface area contributed by atoms with Gasteiger partial charge in [-0.05, 0) is 31.9 Å². The first kappa shape index (κ1) is 14.9. The molecule has 0 heterocycles. The number of hydrogen-bond acceptors (Lipinski definition) is 2. The van der Waals surface area contributed by atoms with E-state index in [1.54, 1.807) is 0 Å². The summed E-state index contributed by atoms with van der Waals surface area (Å²) in [4.78, 5) is 11.8. The Kier molecular flexibility index (Phi) is 4.70. The Labute approximate surface area is 117 Å². The van der Waals surface area contributed by atoms with Crippen molar-refractivity contribution in [1.82, 2.24) is 5.32 Å². The maximum Gasteiger partial charge on any atom is 0.238 e. The molecular formula is C15H20F2N2O. The Morgan fingerprint density at radius 3 is 2.40 bits per heavy atom. The zero-order valence-electron chi connectivity index (χ0n) is 11.6. The molecule has 0 unspecified atom stereocenters. The number of halogens is 2. The normalized spacial score (nSPS) is 17.8. The summed E-state index contributed by atoms with van der Waals surface area (Å²) in [5.41, 5.74) is -0.434. The van der Waals surface area contributed by atoms with Crippen molar-refractivity contribution in [2.24, 2.45) is 0 Å². The van der Waals surface area contributed by atoms with Crippen LogP contribution in [0, 0.1) is 11.6 Å². The van der Waals surface area contributed by atoms with Crippen LogP contribution in [0.25, 0.3) is 0 Å². The molecule has 0 aromatic heterocycles.